The summed E-state index contributed by atoms with van der Waals surface area (Å²) >= 11 is 0. The second-order valence-corrected chi connectivity index (χ2v) is 7.11. The van der Waals surface area contributed by atoms with Crippen molar-refractivity contribution in [1.82, 2.24) is 10.3 Å². The van der Waals surface area contributed by atoms with Crippen LogP contribution in [0.1, 0.15) is 56.9 Å². The molecule has 2 unspecified atom stereocenters. The van der Waals surface area contributed by atoms with E-state index >= 15 is 0 Å². The van der Waals surface area contributed by atoms with Gasteiger partial charge in [0.25, 0.3) is 0 Å². The summed E-state index contributed by atoms with van der Waals surface area (Å²) in [6.45, 7) is 2.24. The minimum Gasteiger partial charge on any atom is -0.367 e. The molecule has 3 aliphatic rings. The van der Waals surface area contributed by atoms with Gasteiger partial charge in [-0.05, 0) is 56.1 Å². The number of rotatable bonds is 4. The Balaban J connectivity index is 1.55. The molecular formula is C18H27N3. The van der Waals surface area contributed by atoms with Crippen LogP contribution in [0.5, 0.6) is 0 Å². The molecule has 3 fully saturated rings. The lowest BCUT2D eigenvalue weighted by molar-refractivity contribution is 0.243. The van der Waals surface area contributed by atoms with Gasteiger partial charge >= 0.3 is 0 Å². The summed E-state index contributed by atoms with van der Waals surface area (Å²) in [5.74, 6) is 0.928. The summed E-state index contributed by atoms with van der Waals surface area (Å²) in [6.07, 6.45) is 15.3. The lowest BCUT2D eigenvalue weighted by atomic mass is 9.78. The van der Waals surface area contributed by atoms with Gasteiger partial charge in [-0.15, -0.1) is 0 Å². The van der Waals surface area contributed by atoms with Crippen LogP contribution in [0.2, 0.25) is 0 Å². The summed E-state index contributed by atoms with van der Waals surface area (Å²) in [5.41, 5.74) is 2.85. The summed E-state index contributed by atoms with van der Waals surface area (Å²) < 4.78 is 0. The Morgan fingerprint density at radius 3 is 2.86 bits per heavy atom. The van der Waals surface area contributed by atoms with Crippen molar-refractivity contribution in [1.29, 1.82) is 0 Å². The molecule has 1 aromatic heterocycles. The topological polar surface area (TPSA) is 28.2 Å². The minimum absolute atomic E-state index is 0.773. The molecular weight excluding hydrogens is 258 g/mol. The molecule has 2 atom stereocenters. The number of hydrogen-bond acceptors (Lipinski definition) is 3. The Hall–Kier alpha value is -1.09. The van der Waals surface area contributed by atoms with Crippen molar-refractivity contribution in [3.8, 4) is 0 Å². The maximum atomic E-state index is 4.43. The van der Waals surface area contributed by atoms with Crippen LogP contribution in [-0.2, 0) is 6.54 Å². The monoisotopic (exact) mass is 285 g/mol. The van der Waals surface area contributed by atoms with E-state index in [9.17, 15) is 0 Å². The molecule has 1 aliphatic heterocycles. The van der Waals surface area contributed by atoms with Crippen LogP contribution in [0.4, 0.5) is 5.69 Å². The van der Waals surface area contributed by atoms with E-state index in [1.54, 1.807) is 0 Å². The zero-order valence-corrected chi connectivity index (χ0v) is 12.9. The molecule has 2 heterocycles. The molecule has 0 amide bonds. The number of pyridine rings is 1. The van der Waals surface area contributed by atoms with Gasteiger partial charge in [-0.1, -0.05) is 12.8 Å². The molecule has 1 saturated heterocycles. The van der Waals surface area contributed by atoms with Crippen molar-refractivity contribution in [3.05, 3.63) is 24.0 Å². The maximum absolute atomic E-state index is 4.43. The molecule has 0 bridgehead atoms. The van der Waals surface area contributed by atoms with Crippen molar-refractivity contribution in [2.24, 2.45) is 5.92 Å². The second-order valence-electron chi connectivity index (χ2n) is 7.11. The zero-order chi connectivity index (χ0) is 14.1. The zero-order valence-electron chi connectivity index (χ0n) is 12.9. The van der Waals surface area contributed by atoms with Crippen LogP contribution in [0.3, 0.4) is 0 Å². The normalized spacial score (nSPS) is 29.2. The predicted molar refractivity (Wildman–Crippen MR) is 86.4 cm³/mol. The lowest BCUT2D eigenvalue weighted by Gasteiger charge is -2.46. The van der Waals surface area contributed by atoms with Crippen LogP contribution < -0.4 is 10.2 Å². The van der Waals surface area contributed by atoms with Crippen LogP contribution >= 0.6 is 0 Å². The molecule has 1 aromatic rings. The standard InChI is InChI=1S/C18H27N3/c1-2-6-17-14(4-1)5-3-11-21(17)18-13-19-10-9-15(18)12-20-16-7-8-16/h9-10,13-14,16-17,20H,1-8,11-12H2. The van der Waals surface area contributed by atoms with Gasteiger partial charge in [-0.25, -0.2) is 0 Å². The minimum atomic E-state index is 0.773. The summed E-state index contributed by atoms with van der Waals surface area (Å²) in [4.78, 5) is 7.13. The first-order valence-electron chi connectivity index (χ1n) is 8.85. The fraction of sp³-hybridized carbons (Fsp3) is 0.722. The average Bonchev–Trinajstić information content (AvgIpc) is 3.37. The average molecular weight is 285 g/mol. The first-order chi connectivity index (χ1) is 10.4. The molecule has 0 spiro atoms. The Morgan fingerprint density at radius 2 is 1.95 bits per heavy atom. The van der Waals surface area contributed by atoms with Crippen molar-refractivity contribution in [2.75, 3.05) is 11.4 Å². The molecule has 0 aromatic carbocycles. The quantitative estimate of drug-likeness (QED) is 0.918. The van der Waals surface area contributed by atoms with Gasteiger partial charge in [-0.3, -0.25) is 4.98 Å². The Labute approximate surface area is 128 Å². The highest BCUT2D eigenvalue weighted by atomic mass is 15.2. The molecule has 4 rings (SSSR count). The van der Waals surface area contributed by atoms with E-state index in [0.29, 0.717) is 0 Å². The van der Waals surface area contributed by atoms with Gasteiger partial charge in [0.1, 0.15) is 0 Å². The highest BCUT2D eigenvalue weighted by Crippen LogP contribution is 2.38. The molecule has 0 radical (unpaired) electrons. The van der Waals surface area contributed by atoms with Crippen LogP contribution in [0.15, 0.2) is 18.5 Å². The van der Waals surface area contributed by atoms with Gasteiger partial charge in [-0.2, -0.15) is 0 Å². The van der Waals surface area contributed by atoms with Crippen molar-refractivity contribution in [3.63, 3.8) is 0 Å². The Morgan fingerprint density at radius 1 is 1.10 bits per heavy atom. The van der Waals surface area contributed by atoms with Gasteiger partial charge in [0.05, 0.1) is 11.9 Å². The van der Waals surface area contributed by atoms with E-state index in [-0.39, 0.29) is 0 Å². The predicted octanol–water partition coefficient (Wildman–Crippen LogP) is 3.49. The molecule has 3 heteroatoms. The smallest absolute Gasteiger partial charge is 0.0600 e. The van der Waals surface area contributed by atoms with E-state index in [1.165, 1.54) is 69.2 Å². The van der Waals surface area contributed by atoms with E-state index in [2.05, 4.69) is 27.5 Å². The fourth-order valence-corrected chi connectivity index (χ4v) is 4.29. The Bertz CT molecular complexity index is 481. The third kappa shape index (κ3) is 2.94. The molecule has 2 aliphatic carbocycles. The SMILES string of the molecule is c1cc(CNC2CC2)c(N2CCCC3CCCCC32)cn1. The fourth-order valence-electron chi connectivity index (χ4n) is 4.29. The van der Waals surface area contributed by atoms with Gasteiger partial charge in [0.15, 0.2) is 0 Å². The number of nitrogens with zero attached hydrogens (tertiary/aromatic N) is 2. The van der Waals surface area contributed by atoms with Crippen molar-refractivity contribution < 1.29 is 0 Å². The number of fused-ring (bicyclic) bond motifs is 1. The highest BCUT2D eigenvalue weighted by molar-refractivity contribution is 5.53. The lowest BCUT2D eigenvalue weighted by Crippen LogP contribution is -2.47. The molecule has 2 saturated carbocycles. The van der Waals surface area contributed by atoms with Crippen molar-refractivity contribution >= 4 is 5.69 Å². The number of aromatic nitrogens is 1. The van der Waals surface area contributed by atoms with Gasteiger partial charge in [0, 0.05) is 31.4 Å². The molecule has 3 nitrogen and oxygen atoms in total. The largest absolute Gasteiger partial charge is 0.367 e. The summed E-state index contributed by atoms with van der Waals surface area (Å²) in [5, 5.41) is 3.67. The first-order valence-corrected chi connectivity index (χ1v) is 8.85. The number of anilines is 1. The Kier molecular flexibility index (Phi) is 3.85. The number of nitrogens with one attached hydrogen (secondary N) is 1. The third-order valence-electron chi connectivity index (χ3n) is 5.60. The van der Waals surface area contributed by atoms with E-state index in [4.69, 9.17) is 0 Å². The molecule has 1 N–H and O–H groups in total. The highest BCUT2D eigenvalue weighted by Gasteiger charge is 2.34. The summed E-state index contributed by atoms with van der Waals surface area (Å²) in [7, 11) is 0. The second kappa shape index (κ2) is 5.96. The van der Waals surface area contributed by atoms with Crippen LogP contribution in [0.25, 0.3) is 0 Å². The molecule has 21 heavy (non-hydrogen) atoms. The first kappa shape index (κ1) is 13.6. The molecule has 114 valence electrons. The van der Waals surface area contributed by atoms with E-state index < -0.39 is 0 Å². The van der Waals surface area contributed by atoms with Crippen LogP contribution in [-0.4, -0.2) is 23.6 Å². The van der Waals surface area contributed by atoms with Gasteiger partial charge < -0.3 is 10.2 Å². The van der Waals surface area contributed by atoms with Crippen LogP contribution in [0, 0.1) is 5.92 Å². The third-order valence-corrected chi connectivity index (χ3v) is 5.60. The summed E-state index contributed by atoms with van der Waals surface area (Å²) in [6, 6.07) is 3.77. The van der Waals surface area contributed by atoms with E-state index in [1.807, 2.05) is 6.20 Å². The number of hydrogen-bond donors (Lipinski definition) is 1. The van der Waals surface area contributed by atoms with Gasteiger partial charge in [0.2, 0.25) is 0 Å². The number of piperidine rings is 1. The van der Waals surface area contributed by atoms with Crippen molar-refractivity contribution in [2.45, 2.75) is 70.0 Å². The van der Waals surface area contributed by atoms with E-state index in [0.717, 1.165) is 24.5 Å². The maximum Gasteiger partial charge on any atom is 0.0600 e.